The van der Waals surface area contributed by atoms with Crippen LogP contribution in [-0.4, -0.2) is 10.1 Å². The van der Waals surface area contributed by atoms with E-state index in [1.54, 1.807) is 18.2 Å². The van der Waals surface area contributed by atoms with Crippen LogP contribution in [0.4, 0.5) is 0 Å². The van der Waals surface area contributed by atoms with Crippen LogP contribution in [0.3, 0.4) is 0 Å². The third-order valence-corrected chi connectivity index (χ3v) is 1.99. The van der Waals surface area contributed by atoms with Gasteiger partial charge in [0, 0.05) is 0 Å². The molecule has 0 amide bonds. The summed E-state index contributed by atoms with van der Waals surface area (Å²) in [7, 11) is 0. The second-order valence-corrected chi connectivity index (χ2v) is 2.82. The fourth-order valence-corrected chi connectivity index (χ4v) is 1.41. The van der Waals surface area contributed by atoms with E-state index in [4.69, 9.17) is 8.94 Å². The predicted molar refractivity (Wildman–Crippen MR) is 47.8 cm³/mol. The molecule has 0 radical (unpaired) electrons. The molecule has 0 N–H and O–H groups in total. The number of fused-ring (bicyclic) bond motifs is 3. The third kappa shape index (κ3) is 0.861. The summed E-state index contributed by atoms with van der Waals surface area (Å²) in [6.07, 6.45) is 1.50. The topological polar surface area (TPSA) is 69.1 Å². The first-order chi connectivity index (χ1) is 6.84. The standard InChI is InChI=1S/C9H4N2O3/c12-9-11-8-5-3-4-10-14-6(5)1-2-7(8)13-9/h1-4H. The zero-order valence-electron chi connectivity index (χ0n) is 6.93. The summed E-state index contributed by atoms with van der Waals surface area (Å²) in [5, 5.41) is 4.34. The minimum Gasteiger partial charge on any atom is -0.406 e. The van der Waals surface area contributed by atoms with Crippen molar-refractivity contribution in [1.82, 2.24) is 10.1 Å². The van der Waals surface area contributed by atoms with Crippen molar-refractivity contribution in [1.29, 1.82) is 0 Å². The van der Waals surface area contributed by atoms with E-state index in [-0.39, 0.29) is 0 Å². The third-order valence-electron chi connectivity index (χ3n) is 1.99. The largest absolute Gasteiger partial charge is 0.439 e. The van der Waals surface area contributed by atoms with Crippen LogP contribution in [0.25, 0.3) is 22.1 Å². The number of oxazole rings is 1. The molecule has 14 heavy (non-hydrogen) atoms. The van der Waals surface area contributed by atoms with Gasteiger partial charge in [0.25, 0.3) is 0 Å². The first kappa shape index (κ1) is 7.25. The highest BCUT2D eigenvalue weighted by Gasteiger charge is 2.07. The van der Waals surface area contributed by atoms with Crippen molar-refractivity contribution in [2.45, 2.75) is 0 Å². The molecule has 0 aliphatic heterocycles. The monoisotopic (exact) mass is 188 g/mol. The van der Waals surface area contributed by atoms with Gasteiger partial charge in [0.2, 0.25) is 0 Å². The van der Waals surface area contributed by atoms with Crippen molar-refractivity contribution in [2.24, 2.45) is 0 Å². The van der Waals surface area contributed by atoms with Crippen molar-refractivity contribution in [3.63, 3.8) is 0 Å². The molecular weight excluding hydrogens is 184 g/mol. The Morgan fingerprint density at radius 1 is 1.14 bits per heavy atom. The van der Waals surface area contributed by atoms with Gasteiger partial charge >= 0.3 is 5.76 Å². The van der Waals surface area contributed by atoms with Gasteiger partial charge in [0.05, 0.1) is 11.6 Å². The lowest BCUT2D eigenvalue weighted by atomic mass is 10.2. The summed E-state index contributed by atoms with van der Waals surface area (Å²) >= 11 is 0. The quantitative estimate of drug-likeness (QED) is 0.532. The minimum atomic E-state index is -0.593. The highest BCUT2D eigenvalue weighted by atomic mass is 16.5. The van der Waals surface area contributed by atoms with Crippen LogP contribution in [0.1, 0.15) is 0 Å². The Hall–Kier alpha value is -2.17. The van der Waals surface area contributed by atoms with Crippen LogP contribution in [0.15, 0.2) is 38.1 Å². The SMILES string of the molecule is O=c1nc2c(ccc3onccc32)o1. The van der Waals surface area contributed by atoms with Gasteiger partial charge in [0.1, 0.15) is 5.52 Å². The van der Waals surface area contributed by atoms with Gasteiger partial charge in [-0.1, -0.05) is 5.16 Å². The molecule has 0 aliphatic carbocycles. The number of aromatic nitrogens is 2. The Morgan fingerprint density at radius 2 is 2.00 bits per heavy atom. The highest BCUT2D eigenvalue weighted by Crippen LogP contribution is 2.21. The van der Waals surface area contributed by atoms with Crippen molar-refractivity contribution in [3.05, 3.63) is 34.9 Å². The van der Waals surface area contributed by atoms with Crippen molar-refractivity contribution < 1.29 is 8.94 Å². The Balaban J connectivity index is 2.66. The molecule has 0 bridgehead atoms. The first-order valence-electron chi connectivity index (χ1n) is 3.99. The molecule has 3 rings (SSSR count). The Bertz CT molecular complexity index is 668. The smallest absolute Gasteiger partial charge is 0.406 e. The second-order valence-electron chi connectivity index (χ2n) is 2.82. The zero-order valence-corrected chi connectivity index (χ0v) is 6.93. The second kappa shape index (κ2) is 2.41. The number of hydrogen-bond donors (Lipinski definition) is 0. The van der Waals surface area contributed by atoms with E-state index in [1.807, 2.05) is 0 Å². The molecule has 0 aliphatic rings. The molecule has 0 saturated heterocycles. The Kier molecular flexibility index (Phi) is 1.25. The highest BCUT2D eigenvalue weighted by molar-refractivity contribution is 6.00. The molecule has 68 valence electrons. The van der Waals surface area contributed by atoms with E-state index in [2.05, 4.69) is 10.1 Å². The van der Waals surface area contributed by atoms with Gasteiger partial charge < -0.3 is 8.94 Å². The van der Waals surface area contributed by atoms with Crippen LogP contribution in [0, 0.1) is 0 Å². The molecule has 3 aromatic rings. The molecule has 0 saturated carbocycles. The van der Waals surface area contributed by atoms with Crippen molar-refractivity contribution in [3.8, 4) is 0 Å². The zero-order chi connectivity index (χ0) is 9.54. The molecule has 0 unspecified atom stereocenters. The molecule has 1 aromatic carbocycles. The maximum atomic E-state index is 10.9. The number of rotatable bonds is 0. The van der Waals surface area contributed by atoms with Gasteiger partial charge in [-0.3, -0.25) is 0 Å². The number of hydrogen-bond acceptors (Lipinski definition) is 5. The van der Waals surface area contributed by atoms with Crippen LogP contribution in [-0.2, 0) is 0 Å². The van der Waals surface area contributed by atoms with Gasteiger partial charge in [-0.05, 0) is 18.2 Å². The fraction of sp³-hybridized carbons (Fsp3) is 0. The summed E-state index contributed by atoms with van der Waals surface area (Å²) in [6, 6.07) is 5.05. The average molecular weight is 188 g/mol. The lowest BCUT2D eigenvalue weighted by Gasteiger charge is -1.93. The minimum absolute atomic E-state index is 0.462. The van der Waals surface area contributed by atoms with E-state index in [1.165, 1.54) is 6.20 Å². The van der Waals surface area contributed by atoms with E-state index in [9.17, 15) is 4.79 Å². The van der Waals surface area contributed by atoms with E-state index in [0.29, 0.717) is 16.7 Å². The van der Waals surface area contributed by atoms with E-state index in [0.717, 1.165) is 5.39 Å². The molecule has 2 aromatic heterocycles. The maximum Gasteiger partial charge on any atom is 0.439 e. The van der Waals surface area contributed by atoms with Gasteiger partial charge in [-0.25, -0.2) is 4.79 Å². The van der Waals surface area contributed by atoms with Crippen LogP contribution in [0.5, 0.6) is 0 Å². The predicted octanol–water partition coefficient (Wildman–Crippen LogP) is 1.33. The summed E-state index contributed by atoms with van der Waals surface area (Å²) in [5.74, 6) is -0.593. The Labute approximate surface area is 76.9 Å². The van der Waals surface area contributed by atoms with Crippen LogP contribution >= 0.6 is 0 Å². The maximum absolute atomic E-state index is 10.9. The van der Waals surface area contributed by atoms with Crippen molar-refractivity contribution >= 4 is 22.1 Å². The summed E-state index contributed by atoms with van der Waals surface area (Å²) in [6.45, 7) is 0. The normalized spacial score (nSPS) is 11.1. The van der Waals surface area contributed by atoms with Crippen LogP contribution in [0.2, 0.25) is 0 Å². The lowest BCUT2D eigenvalue weighted by molar-refractivity contribution is 0.442. The summed E-state index contributed by atoms with van der Waals surface area (Å²) < 4.78 is 9.84. The molecule has 0 spiro atoms. The van der Waals surface area contributed by atoms with Crippen molar-refractivity contribution in [2.75, 3.05) is 0 Å². The molecule has 5 heteroatoms. The van der Waals surface area contributed by atoms with Gasteiger partial charge in [-0.15, -0.1) is 0 Å². The van der Waals surface area contributed by atoms with Gasteiger partial charge in [0.15, 0.2) is 11.2 Å². The lowest BCUT2D eigenvalue weighted by Crippen LogP contribution is -1.93. The average Bonchev–Trinajstić information content (AvgIpc) is 2.59. The Morgan fingerprint density at radius 3 is 2.93 bits per heavy atom. The molecule has 0 fully saturated rings. The van der Waals surface area contributed by atoms with E-state index < -0.39 is 5.76 Å². The summed E-state index contributed by atoms with van der Waals surface area (Å²) in [4.78, 5) is 14.6. The fourth-order valence-electron chi connectivity index (χ4n) is 1.41. The first-order valence-corrected chi connectivity index (χ1v) is 3.99. The number of benzene rings is 1. The molecule has 5 nitrogen and oxygen atoms in total. The summed E-state index contributed by atoms with van der Waals surface area (Å²) in [5.41, 5.74) is 1.55. The molecule has 0 atom stereocenters. The molecule has 2 heterocycles. The van der Waals surface area contributed by atoms with Gasteiger partial charge in [-0.2, -0.15) is 4.98 Å². The number of nitrogens with zero attached hydrogens (tertiary/aromatic N) is 2. The van der Waals surface area contributed by atoms with E-state index >= 15 is 0 Å². The molecular formula is C9H4N2O3. The van der Waals surface area contributed by atoms with Crippen LogP contribution < -0.4 is 5.76 Å².